The molecule has 1 aliphatic heterocycles. The van der Waals surface area contributed by atoms with Crippen LogP contribution in [0.15, 0.2) is 54.6 Å². The van der Waals surface area contributed by atoms with Gasteiger partial charge in [0, 0.05) is 24.8 Å². The van der Waals surface area contributed by atoms with Gasteiger partial charge in [-0.15, -0.1) is 0 Å². The van der Waals surface area contributed by atoms with E-state index in [0.29, 0.717) is 25.5 Å². The zero-order chi connectivity index (χ0) is 24.3. The van der Waals surface area contributed by atoms with E-state index in [4.69, 9.17) is 4.74 Å². The van der Waals surface area contributed by atoms with E-state index >= 15 is 0 Å². The number of hydrogen-bond acceptors (Lipinski definition) is 4. The lowest BCUT2D eigenvalue weighted by Gasteiger charge is -2.21. The van der Waals surface area contributed by atoms with Gasteiger partial charge in [0.25, 0.3) is 0 Å². The molecule has 2 N–H and O–H groups in total. The van der Waals surface area contributed by atoms with Crippen LogP contribution in [0.2, 0.25) is 0 Å². The summed E-state index contributed by atoms with van der Waals surface area (Å²) in [6.45, 7) is 8.38. The minimum Gasteiger partial charge on any atom is -0.493 e. The highest BCUT2D eigenvalue weighted by molar-refractivity contribution is 5.86. The maximum absolute atomic E-state index is 13.2. The van der Waals surface area contributed by atoms with Crippen molar-refractivity contribution in [2.24, 2.45) is 5.92 Å². The number of carbonyl (C=O) groups is 2. The molecule has 1 unspecified atom stereocenters. The number of nitrogens with one attached hydrogen (secondary N) is 2. The molecule has 0 bridgehead atoms. The van der Waals surface area contributed by atoms with Crippen molar-refractivity contribution in [3.63, 3.8) is 0 Å². The van der Waals surface area contributed by atoms with Gasteiger partial charge in [-0.25, -0.2) is 0 Å². The first-order valence-corrected chi connectivity index (χ1v) is 12.8. The summed E-state index contributed by atoms with van der Waals surface area (Å²) in [5, 5.41) is 6.34. The molecule has 1 heterocycles. The van der Waals surface area contributed by atoms with E-state index in [9.17, 15) is 9.59 Å². The van der Waals surface area contributed by atoms with Gasteiger partial charge in [-0.05, 0) is 55.0 Å². The molecular formula is C29H40N2O3. The molecule has 0 aromatic heterocycles. The molecule has 1 fully saturated rings. The Labute approximate surface area is 204 Å². The van der Waals surface area contributed by atoms with Crippen molar-refractivity contribution in [2.45, 2.75) is 70.8 Å². The molecule has 0 spiro atoms. The fraction of sp³-hybridized carbons (Fsp3) is 0.517. The van der Waals surface area contributed by atoms with Gasteiger partial charge in [-0.1, -0.05) is 69.7 Å². The molecule has 2 aromatic carbocycles. The first kappa shape index (κ1) is 26.0. The fourth-order valence-electron chi connectivity index (χ4n) is 4.56. The van der Waals surface area contributed by atoms with Crippen LogP contribution in [0.25, 0.3) is 0 Å². The summed E-state index contributed by atoms with van der Waals surface area (Å²) < 4.78 is 5.95. The van der Waals surface area contributed by atoms with Crippen molar-refractivity contribution >= 4 is 11.7 Å². The van der Waals surface area contributed by atoms with Gasteiger partial charge in [-0.2, -0.15) is 0 Å². The fourth-order valence-corrected chi connectivity index (χ4v) is 4.56. The topological polar surface area (TPSA) is 67.4 Å². The van der Waals surface area contributed by atoms with Gasteiger partial charge >= 0.3 is 0 Å². The highest BCUT2D eigenvalue weighted by Crippen LogP contribution is 2.27. The van der Waals surface area contributed by atoms with E-state index in [-0.39, 0.29) is 29.6 Å². The largest absolute Gasteiger partial charge is 0.493 e. The molecule has 4 atom stereocenters. The van der Waals surface area contributed by atoms with E-state index in [1.165, 1.54) is 0 Å². The summed E-state index contributed by atoms with van der Waals surface area (Å²) in [6, 6.07) is 17.8. The highest BCUT2D eigenvalue weighted by atomic mass is 16.5. The maximum Gasteiger partial charge on any atom is 0.237 e. The number of Topliss-reactive ketones (excluding diaryl/α,β-unsaturated/α-hetero) is 1. The van der Waals surface area contributed by atoms with Crippen LogP contribution < -0.4 is 15.4 Å². The summed E-state index contributed by atoms with van der Waals surface area (Å²) in [6.07, 6.45) is 4.57. The van der Waals surface area contributed by atoms with Crippen LogP contribution in [0.5, 0.6) is 5.75 Å². The summed E-state index contributed by atoms with van der Waals surface area (Å²) in [5.41, 5.74) is 2.07. The quantitative estimate of drug-likeness (QED) is 0.427. The Morgan fingerprint density at radius 3 is 2.44 bits per heavy atom. The van der Waals surface area contributed by atoms with Crippen LogP contribution in [0, 0.1) is 5.92 Å². The van der Waals surface area contributed by atoms with E-state index in [0.717, 1.165) is 49.1 Å². The highest BCUT2D eigenvalue weighted by Gasteiger charge is 2.25. The Bertz CT molecular complexity index is 891. The third kappa shape index (κ3) is 7.69. The first-order chi connectivity index (χ1) is 16.5. The smallest absolute Gasteiger partial charge is 0.237 e. The summed E-state index contributed by atoms with van der Waals surface area (Å²) in [7, 11) is 0. The predicted molar refractivity (Wildman–Crippen MR) is 137 cm³/mol. The molecule has 5 nitrogen and oxygen atoms in total. The molecule has 34 heavy (non-hydrogen) atoms. The van der Waals surface area contributed by atoms with Gasteiger partial charge in [0.2, 0.25) is 5.91 Å². The van der Waals surface area contributed by atoms with Crippen LogP contribution in [0.4, 0.5) is 0 Å². The molecule has 184 valence electrons. The van der Waals surface area contributed by atoms with Gasteiger partial charge in [-0.3, -0.25) is 9.59 Å². The number of ether oxygens (including phenoxy) is 1. The summed E-state index contributed by atoms with van der Waals surface area (Å²) in [4.78, 5) is 25.8. The SMILES string of the molecule is CCCC(C)COc1ccc([C@H](CNC(=O)[C@@H]2CCCN2)CC(=O)[C@@H](C)c2ccccc2)cc1. The van der Waals surface area contributed by atoms with E-state index in [1.807, 2.05) is 61.5 Å². The second-order valence-electron chi connectivity index (χ2n) is 9.67. The van der Waals surface area contributed by atoms with Gasteiger partial charge in [0.15, 0.2) is 0 Å². The second-order valence-corrected chi connectivity index (χ2v) is 9.67. The predicted octanol–water partition coefficient (Wildman–Crippen LogP) is 5.22. The molecular weight excluding hydrogens is 424 g/mol. The minimum absolute atomic E-state index is 0.0240. The van der Waals surface area contributed by atoms with Crippen molar-refractivity contribution in [3.05, 3.63) is 65.7 Å². The molecule has 1 amide bonds. The van der Waals surface area contributed by atoms with E-state index in [2.05, 4.69) is 24.5 Å². The standard InChI is InChI=1S/C29H40N2O3/c1-4-9-21(2)20-34-26-15-13-24(14-16-26)25(19-31-29(33)27-12-8-17-30-27)18-28(32)22(3)23-10-6-5-7-11-23/h5-7,10-11,13-16,21-22,25,27,30H,4,8-9,12,17-20H2,1-3H3,(H,31,33)/t21?,22-,25-,27-/m0/s1. The summed E-state index contributed by atoms with van der Waals surface area (Å²) in [5.74, 6) is 1.30. The number of hydrogen-bond donors (Lipinski definition) is 2. The molecule has 5 heteroatoms. The Morgan fingerprint density at radius 1 is 1.06 bits per heavy atom. The second kappa shape index (κ2) is 13.3. The lowest BCUT2D eigenvalue weighted by Crippen LogP contribution is -2.42. The normalized spacial score (nSPS) is 18.1. The number of carbonyl (C=O) groups excluding carboxylic acids is 2. The molecule has 1 aliphatic rings. The zero-order valence-corrected chi connectivity index (χ0v) is 20.9. The third-order valence-corrected chi connectivity index (χ3v) is 6.80. The number of benzene rings is 2. The van der Waals surface area contributed by atoms with Crippen molar-refractivity contribution in [3.8, 4) is 5.75 Å². The molecule has 0 aliphatic carbocycles. The average Bonchev–Trinajstić information content (AvgIpc) is 3.41. The number of ketones is 1. The lowest BCUT2D eigenvalue weighted by molar-refractivity contribution is -0.123. The van der Waals surface area contributed by atoms with E-state index in [1.54, 1.807) is 0 Å². The van der Waals surface area contributed by atoms with Gasteiger partial charge in [0.1, 0.15) is 11.5 Å². The van der Waals surface area contributed by atoms with Crippen molar-refractivity contribution < 1.29 is 14.3 Å². The first-order valence-electron chi connectivity index (χ1n) is 12.8. The van der Waals surface area contributed by atoms with Crippen molar-refractivity contribution in [2.75, 3.05) is 19.7 Å². The zero-order valence-electron chi connectivity index (χ0n) is 20.9. The van der Waals surface area contributed by atoms with Gasteiger partial charge in [0.05, 0.1) is 12.6 Å². The molecule has 2 aromatic rings. The minimum atomic E-state index is -0.182. The Kier molecular flexibility index (Phi) is 10.1. The molecule has 0 saturated carbocycles. The van der Waals surface area contributed by atoms with Crippen molar-refractivity contribution in [1.82, 2.24) is 10.6 Å². The molecule has 3 rings (SSSR count). The van der Waals surface area contributed by atoms with Crippen LogP contribution in [-0.2, 0) is 9.59 Å². The number of rotatable bonds is 13. The monoisotopic (exact) mass is 464 g/mol. The maximum atomic E-state index is 13.2. The Morgan fingerprint density at radius 2 is 1.79 bits per heavy atom. The van der Waals surface area contributed by atoms with Crippen LogP contribution in [0.1, 0.15) is 75.8 Å². The van der Waals surface area contributed by atoms with Crippen LogP contribution in [-0.4, -0.2) is 37.4 Å². The van der Waals surface area contributed by atoms with E-state index < -0.39 is 0 Å². The summed E-state index contributed by atoms with van der Waals surface area (Å²) >= 11 is 0. The molecule has 1 saturated heterocycles. The van der Waals surface area contributed by atoms with Crippen molar-refractivity contribution in [1.29, 1.82) is 0 Å². The lowest BCUT2D eigenvalue weighted by atomic mass is 9.87. The van der Waals surface area contributed by atoms with Gasteiger partial charge < -0.3 is 15.4 Å². The molecule has 0 radical (unpaired) electrons. The Hall–Kier alpha value is -2.66. The third-order valence-electron chi connectivity index (χ3n) is 6.80. The average molecular weight is 465 g/mol. The Balaban J connectivity index is 1.67. The van der Waals surface area contributed by atoms with Crippen LogP contribution in [0.3, 0.4) is 0 Å². The van der Waals surface area contributed by atoms with Crippen LogP contribution >= 0.6 is 0 Å². The number of amides is 1.